The van der Waals surface area contributed by atoms with Crippen molar-refractivity contribution in [3.05, 3.63) is 82.8 Å². The zero-order chi connectivity index (χ0) is 20.1. The lowest BCUT2D eigenvalue weighted by Crippen LogP contribution is -2.13. The van der Waals surface area contributed by atoms with Gasteiger partial charge in [-0.1, -0.05) is 34.1 Å². The van der Waals surface area contributed by atoms with Crippen molar-refractivity contribution in [2.24, 2.45) is 0 Å². The highest BCUT2D eigenvalue weighted by Gasteiger charge is 2.13. The summed E-state index contributed by atoms with van der Waals surface area (Å²) in [5.74, 6) is 0.689. The van der Waals surface area contributed by atoms with Crippen molar-refractivity contribution in [1.29, 1.82) is 0 Å². The highest BCUT2D eigenvalue weighted by molar-refractivity contribution is 9.10. The number of hydrogen-bond acceptors (Lipinski definition) is 4. The summed E-state index contributed by atoms with van der Waals surface area (Å²) in [6.45, 7) is 0. The molecule has 3 aromatic carbocycles. The van der Waals surface area contributed by atoms with E-state index in [0.29, 0.717) is 28.4 Å². The van der Waals surface area contributed by atoms with Crippen LogP contribution in [0.5, 0.6) is 11.5 Å². The van der Waals surface area contributed by atoms with Crippen molar-refractivity contribution < 1.29 is 17.9 Å². The fraction of sp³-hybridized carbons (Fsp3) is 0.0500. The summed E-state index contributed by atoms with van der Waals surface area (Å²) in [5, 5.41) is 2.78. The van der Waals surface area contributed by atoms with Gasteiger partial charge in [-0.3, -0.25) is 9.52 Å². The van der Waals surface area contributed by atoms with E-state index >= 15 is 0 Å². The van der Waals surface area contributed by atoms with Crippen molar-refractivity contribution in [3.8, 4) is 11.5 Å². The third-order valence-electron chi connectivity index (χ3n) is 3.60. The number of carbonyl (C=O) groups is 1. The first-order valence-electron chi connectivity index (χ1n) is 8.22. The predicted octanol–water partition coefficient (Wildman–Crippen LogP) is 4.87. The molecule has 0 saturated carbocycles. The molecule has 2 N–H and O–H groups in total. The summed E-state index contributed by atoms with van der Waals surface area (Å²) in [6, 6.07) is 20.6. The number of rotatable bonds is 6. The zero-order valence-electron chi connectivity index (χ0n) is 14.8. The smallest absolute Gasteiger partial charge is 0.259 e. The topological polar surface area (TPSA) is 84.5 Å². The lowest BCUT2D eigenvalue weighted by molar-refractivity contribution is 0.102. The predicted molar refractivity (Wildman–Crippen MR) is 114 cm³/mol. The van der Waals surface area contributed by atoms with Crippen molar-refractivity contribution >= 4 is 43.2 Å². The van der Waals surface area contributed by atoms with Gasteiger partial charge in [-0.15, -0.1) is 0 Å². The summed E-state index contributed by atoms with van der Waals surface area (Å²) in [7, 11) is -3.35. The van der Waals surface area contributed by atoms with Crippen LogP contribution in [-0.2, 0) is 10.0 Å². The Labute approximate surface area is 171 Å². The van der Waals surface area contributed by atoms with Gasteiger partial charge in [-0.25, -0.2) is 8.42 Å². The summed E-state index contributed by atoms with van der Waals surface area (Å²) in [6.07, 6.45) is 1.07. The molecule has 0 saturated heterocycles. The lowest BCUT2D eigenvalue weighted by Gasteiger charge is -2.12. The van der Waals surface area contributed by atoms with Gasteiger partial charge in [-0.2, -0.15) is 0 Å². The Kier molecular flexibility index (Phi) is 6.01. The van der Waals surface area contributed by atoms with Gasteiger partial charge in [-0.05, 0) is 54.6 Å². The van der Waals surface area contributed by atoms with Gasteiger partial charge in [0.1, 0.15) is 11.5 Å². The second kappa shape index (κ2) is 8.45. The molecule has 0 aromatic heterocycles. The largest absolute Gasteiger partial charge is 0.456 e. The number of hydrogen-bond donors (Lipinski definition) is 2. The van der Waals surface area contributed by atoms with Crippen molar-refractivity contribution in [3.63, 3.8) is 0 Å². The van der Waals surface area contributed by atoms with Crippen LogP contribution in [0.15, 0.2) is 77.3 Å². The third-order valence-corrected chi connectivity index (χ3v) is 4.70. The molecule has 3 aromatic rings. The zero-order valence-corrected chi connectivity index (χ0v) is 17.2. The number of ether oxygens (including phenoxy) is 1. The van der Waals surface area contributed by atoms with E-state index in [2.05, 4.69) is 26.0 Å². The molecule has 8 heteroatoms. The van der Waals surface area contributed by atoms with Crippen LogP contribution in [-0.4, -0.2) is 20.6 Å². The standard InChI is InChI=1S/C20H17BrN2O4S/c1-28(25,26)23-16-11-9-15(10-12-16)22-20(24)18-7-2-3-8-19(18)27-17-6-4-5-14(21)13-17/h2-13,23H,1H3,(H,22,24). The van der Waals surface area contributed by atoms with Crippen LogP contribution in [0.4, 0.5) is 11.4 Å². The maximum Gasteiger partial charge on any atom is 0.259 e. The van der Waals surface area contributed by atoms with E-state index < -0.39 is 10.0 Å². The molecule has 144 valence electrons. The van der Waals surface area contributed by atoms with Crippen LogP contribution in [0, 0.1) is 0 Å². The van der Waals surface area contributed by atoms with E-state index in [0.717, 1.165) is 10.7 Å². The summed E-state index contributed by atoms with van der Waals surface area (Å²) >= 11 is 3.39. The second-order valence-electron chi connectivity index (χ2n) is 5.96. The minimum absolute atomic E-state index is 0.339. The minimum atomic E-state index is -3.35. The van der Waals surface area contributed by atoms with E-state index in [-0.39, 0.29) is 5.91 Å². The maximum absolute atomic E-state index is 12.7. The number of para-hydroxylation sites is 1. The average Bonchev–Trinajstić information content (AvgIpc) is 2.62. The number of amides is 1. The molecule has 0 aliphatic heterocycles. The highest BCUT2D eigenvalue weighted by Crippen LogP contribution is 2.28. The Morgan fingerprint density at radius 2 is 1.61 bits per heavy atom. The molecule has 0 fully saturated rings. The van der Waals surface area contributed by atoms with Gasteiger partial charge in [0.05, 0.1) is 11.8 Å². The molecule has 0 unspecified atom stereocenters. The Hall–Kier alpha value is -2.84. The Morgan fingerprint density at radius 3 is 2.29 bits per heavy atom. The van der Waals surface area contributed by atoms with Gasteiger partial charge in [0.25, 0.3) is 5.91 Å². The van der Waals surface area contributed by atoms with E-state index in [1.54, 1.807) is 54.6 Å². The Morgan fingerprint density at radius 1 is 0.929 bits per heavy atom. The number of benzene rings is 3. The van der Waals surface area contributed by atoms with E-state index in [9.17, 15) is 13.2 Å². The number of sulfonamides is 1. The molecule has 1 amide bonds. The highest BCUT2D eigenvalue weighted by atomic mass is 79.9. The molecule has 6 nitrogen and oxygen atoms in total. The van der Waals surface area contributed by atoms with Gasteiger partial charge < -0.3 is 10.1 Å². The quantitative estimate of drug-likeness (QED) is 0.549. The monoisotopic (exact) mass is 460 g/mol. The van der Waals surface area contributed by atoms with Gasteiger partial charge >= 0.3 is 0 Å². The van der Waals surface area contributed by atoms with Crippen molar-refractivity contribution in [2.45, 2.75) is 0 Å². The van der Waals surface area contributed by atoms with E-state index in [1.807, 2.05) is 18.2 Å². The molecule has 28 heavy (non-hydrogen) atoms. The van der Waals surface area contributed by atoms with Gasteiger partial charge in [0, 0.05) is 15.8 Å². The van der Waals surface area contributed by atoms with Crippen molar-refractivity contribution in [2.75, 3.05) is 16.3 Å². The van der Waals surface area contributed by atoms with Crippen LogP contribution in [0.2, 0.25) is 0 Å². The SMILES string of the molecule is CS(=O)(=O)Nc1ccc(NC(=O)c2ccccc2Oc2cccc(Br)c2)cc1. The fourth-order valence-electron chi connectivity index (χ4n) is 2.43. The van der Waals surface area contributed by atoms with Crippen LogP contribution < -0.4 is 14.8 Å². The van der Waals surface area contributed by atoms with Crippen molar-refractivity contribution in [1.82, 2.24) is 0 Å². The molecule has 0 bridgehead atoms. The van der Waals surface area contributed by atoms with Gasteiger partial charge in [0.2, 0.25) is 10.0 Å². The first-order chi connectivity index (χ1) is 13.3. The summed E-state index contributed by atoms with van der Waals surface area (Å²) < 4.78 is 31.6. The molecule has 0 aliphatic rings. The summed E-state index contributed by atoms with van der Waals surface area (Å²) in [4.78, 5) is 12.7. The molecular weight excluding hydrogens is 444 g/mol. The number of nitrogens with one attached hydrogen (secondary N) is 2. The molecule has 0 radical (unpaired) electrons. The summed E-state index contributed by atoms with van der Waals surface area (Å²) in [5.41, 5.74) is 1.32. The molecule has 0 heterocycles. The Balaban J connectivity index is 1.76. The fourth-order valence-corrected chi connectivity index (χ4v) is 3.38. The first kappa shape index (κ1) is 19.9. The molecule has 0 atom stereocenters. The number of carbonyl (C=O) groups excluding carboxylic acids is 1. The third kappa shape index (κ3) is 5.58. The number of halogens is 1. The number of anilines is 2. The first-order valence-corrected chi connectivity index (χ1v) is 10.9. The maximum atomic E-state index is 12.7. The average molecular weight is 461 g/mol. The van der Waals surface area contributed by atoms with Crippen LogP contribution in [0.1, 0.15) is 10.4 Å². The normalized spacial score (nSPS) is 10.9. The molecule has 0 spiro atoms. The minimum Gasteiger partial charge on any atom is -0.456 e. The molecular formula is C20H17BrN2O4S. The van der Waals surface area contributed by atoms with Crippen LogP contribution >= 0.6 is 15.9 Å². The van der Waals surface area contributed by atoms with Gasteiger partial charge in [0.15, 0.2) is 0 Å². The lowest BCUT2D eigenvalue weighted by atomic mass is 10.1. The van der Waals surface area contributed by atoms with Crippen LogP contribution in [0.25, 0.3) is 0 Å². The van der Waals surface area contributed by atoms with E-state index in [1.165, 1.54) is 0 Å². The second-order valence-corrected chi connectivity index (χ2v) is 8.63. The van der Waals surface area contributed by atoms with E-state index in [4.69, 9.17) is 4.74 Å². The van der Waals surface area contributed by atoms with Crippen LogP contribution in [0.3, 0.4) is 0 Å². The molecule has 3 rings (SSSR count). The Bertz CT molecular complexity index is 1100. The molecule has 0 aliphatic carbocycles.